The van der Waals surface area contributed by atoms with Crippen molar-refractivity contribution in [2.75, 3.05) is 31.6 Å². The Bertz CT molecular complexity index is 1280. The van der Waals surface area contributed by atoms with Gasteiger partial charge in [-0.15, -0.1) is 9.24 Å². The molecule has 4 rings (SSSR count). The van der Waals surface area contributed by atoms with Crippen LogP contribution in [-0.4, -0.2) is 46.4 Å². The molecule has 0 radical (unpaired) electrons. The molecule has 7 nitrogen and oxygen atoms in total. The summed E-state index contributed by atoms with van der Waals surface area (Å²) >= 11 is 5.56. The van der Waals surface area contributed by atoms with Gasteiger partial charge in [-0.05, 0) is 35.2 Å². The summed E-state index contributed by atoms with van der Waals surface area (Å²) in [6.45, 7) is 3.52. The molecule has 0 aliphatic carbocycles. The highest BCUT2D eigenvalue weighted by atomic mass is 32.1. The van der Waals surface area contributed by atoms with E-state index in [-0.39, 0.29) is 11.7 Å². The van der Waals surface area contributed by atoms with Gasteiger partial charge in [0, 0.05) is 38.9 Å². The summed E-state index contributed by atoms with van der Waals surface area (Å²) in [4.78, 5) is 15.1. The molecule has 0 bridgehead atoms. The van der Waals surface area contributed by atoms with E-state index >= 15 is 0 Å². The van der Waals surface area contributed by atoms with Crippen molar-refractivity contribution in [3.8, 4) is 11.8 Å². The van der Waals surface area contributed by atoms with Crippen LogP contribution in [0.15, 0.2) is 59.4 Å². The second-order valence-corrected chi connectivity index (χ2v) is 9.04. The Hall–Kier alpha value is -2.82. The van der Waals surface area contributed by atoms with Crippen molar-refractivity contribution < 1.29 is 4.74 Å². The zero-order valence-electron chi connectivity index (χ0n) is 18.4. The van der Waals surface area contributed by atoms with E-state index in [9.17, 15) is 10.1 Å². The first-order valence-corrected chi connectivity index (χ1v) is 11.7. The number of ether oxygens (including phenoxy) is 1. The van der Waals surface area contributed by atoms with Crippen LogP contribution in [-0.2, 0) is 18.3 Å². The molecule has 0 spiro atoms. The fraction of sp³-hybridized carbons (Fsp3) is 0.292. The molecule has 1 aliphatic rings. The molecule has 2 atom stereocenters. The van der Waals surface area contributed by atoms with E-state index in [2.05, 4.69) is 49.8 Å². The van der Waals surface area contributed by atoms with E-state index in [4.69, 9.17) is 17.0 Å². The van der Waals surface area contributed by atoms with Crippen molar-refractivity contribution in [1.82, 2.24) is 14.0 Å². The lowest BCUT2D eigenvalue weighted by Gasteiger charge is -2.33. The highest BCUT2D eigenvalue weighted by Gasteiger charge is 2.23. The molecule has 9 heteroatoms. The smallest absolute Gasteiger partial charge is 0.274 e. The maximum absolute atomic E-state index is 12.7. The summed E-state index contributed by atoms with van der Waals surface area (Å²) in [6, 6.07) is 20.0. The van der Waals surface area contributed by atoms with Gasteiger partial charge in [-0.25, -0.2) is 0 Å². The van der Waals surface area contributed by atoms with Gasteiger partial charge < -0.3 is 10.1 Å². The summed E-state index contributed by atoms with van der Waals surface area (Å²) in [7, 11) is 4.29. The second-order valence-electron chi connectivity index (χ2n) is 8.00. The molecular formula is C24H26N5O2PS. The maximum atomic E-state index is 12.7. The van der Waals surface area contributed by atoms with Gasteiger partial charge in [0.15, 0.2) is 10.3 Å². The lowest BCUT2D eigenvalue weighted by molar-refractivity contribution is -0.0240. The fourth-order valence-corrected chi connectivity index (χ4v) is 4.41. The molecule has 1 fully saturated rings. The van der Waals surface area contributed by atoms with Crippen molar-refractivity contribution in [2.24, 2.45) is 7.05 Å². The number of para-hydroxylation sites is 1. The molecule has 2 aromatic carbocycles. The molecule has 0 saturated carbocycles. The Morgan fingerprint density at radius 1 is 1.21 bits per heavy atom. The first kappa shape index (κ1) is 23.3. The van der Waals surface area contributed by atoms with Crippen molar-refractivity contribution in [3.63, 3.8) is 0 Å². The molecule has 0 amide bonds. The van der Waals surface area contributed by atoms with Crippen molar-refractivity contribution in [1.29, 1.82) is 5.26 Å². The third-order valence-electron chi connectivity index (χ3n) is 5.69. The average Bonchev–Trinajstić information content (AvgIpc) is 2.83. The summed E-state index contributed by atoms with van der Waals surface area (Å²) in [5, 5.41) is 14.2. The number of benzene rings is 2. The number of hydrogen-bond acceptors (Lipinski definition) is 6. The van der Waals surface area contributed by atoms with E-state index in [1.807, 2.05) is 30.3 Å². The summed E-state index contributed by atoms with van der Waals surface area (Å²) in [6.07, 6.45) is -0.0897. The van der Waals surface area contributed by atoms with Crippen LogP contribution in [0.5, 0.6) is 0 Å². The van der Waals surface area contributed by atoms with Gasteiger partial charge in [0.2, 0.25) is 0 Å². The molecule has 2 unspecified atom stereocenters. The summed E-state index contributed by atoms with van der Waals surface area (Å²) in [5.41, 5.74) is 1.65. The predicted octanol–water partition coefficient (Wildman–Crippen LogP) is 2.59. The van der Waals surface area contributed by atoms with Gasteiger partial charge in [0.05, 0.1) is 12.7 Å². The largest absolute Gasteiger partial charge is 0.374 e. The van der Waals surface area contributed by atoms with Crippen LogP contribution in [0.4, 0.5) is 5.82 Å². The highest BCUT2D eigenvalue weighted by molar-refractivity contribution is 7.71. The number of morpholine rings is 1. The molecule has 3 aromatic rings. The molecular weight excluding hydrogens is 453 g/mol. The monoisotopic (exact) mass is 479 g/mol. The number of aromatic nitrogens is 2. The predicted molar refractivity (Wildman–Crippen MR) is 136 cm³/mol. The maximum Gasteiger partial charge on any atom is 0.274 e. The number of nitriles is 1. The second kappa shape index (κ2) is 10.4. The normalized spacial score (nSPS) is 16.3. The van der Waals surface area contributed by atoms with Crippen LogP contribution < -0.4 is 16.2 Å². The molecule has 1 N–H and O–H groups in total. The molecule has 1 aliphatic heterocycles. The third kappa shape index (κ3) is 5.23. The van der Waals surface area contributed by atoms with Crippen molar-refractivity contribution in [2.45, 2.75) is 12.6 Å². The van der Waals surface area contributed by atoms with Gasteiger partial charge in [-0.2, -0.15) is 5.26 Å². The number of anilines is 1. The van der Waals surface area contributed by atoms with Gasteiger partial charge in [0.25, 0.3) is 5.56 Å². The fourth-order valence-electron chi connectivity index (χ4n) is 3.94. The Kier molecular flexibility index (Phi) is 7.36. The van der Waals surface area contributed by atoms with Crippen LogP contribution in [0, 0.1) is 16.1 Å². The van der Waals surface area contributed by atoms with E-state index < -0.39 is 5.56 Å². The minimum absolute atomic E-state index is 0.0279. The number of nitrogens with one attached hydrogen (secondary N) is 1. The average molecular weight is 480 g/mol. The van der Waals surface area contributed by atoms with Gasteiger partial charge in [-0.1, -0.05) is 42.5 Å². The zero-order valence-corrected chi connectivity index (χ0v) is 20.4. The van der Waals surface area contributed by atoms with Gasteiger partial charge in [-0.3, -0.25) is 18.8 Å². The van der Waals surface area contributed by atoms with Crippen LogP contribution in [0.1, 0.15) is 11.1 Å². The molecule has 2 heterocycles. The Balaban J connectivity index is 1.56. The number of rotatable bonds is 6. The quantitative estimate of drug-likeness (QED) is 0.433. The molecule has 1 aromatic heterocycles. The lowest BCUT2D eigenvalue weighted by Crippen LogP contribution is -2.45. The van der Waals surface area contributed by atoms with E-state index in [0.29, 0.717) is 23.7 Å². The van der Waals surface area contributed by atoms with E-state index in [1.54, 1.807) is 11.6 Å². The molecule has 170 valence electrons. The number of nitrogens with zero attached hydrogens (tertiary/aromatic N) is 4. The number of hydrogen-bond donors (Lipinski definition) is 1. The highest BCUT2D eigenvalue weighted by Crippen LogP contribution is 2.20. The minimum atomic E-state index is -0.416. The van der Waals surface area contributed by atoms with E-state index in [0.717, 1.165) is 30.6 Å². The topological polar surface area (TPSA) is 75.2 Å². The zero-order chi connectivity index (χ0) is 23.4. The van der Waals surface area contributed by atoms with Crippen molar-refractivity contribution in [3.05, 3.63) is 80.8 Å². The Labute approximate surface area is 200 Å². The van der Waals surface area contributed by atoms with Crippen LogP contribution >= 0.6 is 21.5 Å². The minimum Gasteiger partial charge on any atom is -0.374 e. The van der Waals surface area contributed by atoms with Crippen LogP contribution in [0.3, 0.4) is 0 Å². The molecule has 1 saturated heterocycles. The van der Waals surface area contributed by atoms with Crippen molar-refractivity contribution >= 4 is 32.6 Å². The first-order chi connectivity index (χ1) is 16.0. The third-order valence-corrected chi connectivity index (χ3v) is 6.53. The summed E-state index contributed by atoms with van der Waals surface area (Å²) < 4.78 is 9.36. The molecule has 33 heavy (non-hydrogen) atoms. The summed E-state index contributed by atoms with van der Waals surface area (Å²) in [5.74, 6) is 0.397. The van der Waals surface area contributed by atoms with Crippen LogP contribution in [0.25, 0.3) is 5.69 Å². The lowest BCUT2D eigenvalue weighted by atomic mass is 10.2. The Morgan fingerprint density at radius 3 is 2.64 bits per heavy atom. The van der Waals surface area contributed by atoms with Gasteiger partial charge >= 0.3 is 0 Å². The van der Waals surface area contributed by atoms with Gasteiger partial charge in [0.1, 0.15) is 11.9 Å². The van der Waals surface area contributed by atoms with E-state index in [1.165, 1.54) is 10.1 Å². The van der Waals surface area contributed by atoms with Crippen LogP contribution in [0.2, 0.25) is 0 Å². The first-order valence-electron chi connectivity index (χ1n) is 10.7. The Morgan fingerprint density at radius 2 is 1.94 bits per heavy atom. The SMILES string of the molecule is Cn1c(=O)c(C#N)c(NCC2CN(Cc3ccc(P)cc3)CCO2)n(-c2ccccc2)c1=S. The standard InChI is InChI=1S/C24H26N5O2PS/c1-27-23(30)21(13-25)22(29(24(27)33)18-5-3-2-4-6-18)26-14-19-16-28(11-12-31-19)15-17-7-9-20(32)10-8-17/h2-10,19,26H,11-12,14-16,32H2,1H3.